The lowest BCUT2D eigenvalue weighted by atomic mass is 9.80. The molecule has 1 aliphatic carbocycles. The molecule has 144 valence electrons. The third-order valence-electron chi connectivity index (χ3n) is 5.33. The lowest BCUT2D eigenvalue weighted by Gasteiger charge is -2.32. The van der Waals surface area contributed by atoms with E-state index in [0.717, 1.165) is 25.7 Å². The van der Waals surface area contributed by atoms with Crippen LogP contribution in [0.5, 0.6) is 0 Å². The van der Waals surface area contributed by atoms with Gasteiger partial charge in [-0.1, -0.05) is 43.2 Å². The summed E-state index contributed by atoms with van der Waals surface area (Å²) < 4.78 is 1.67. The number of nitro groups is 1. The molecule has 1 amide bonds. The van der Waals surface area contributed by atoms with Crippen LogP contribution in [0.15, 0.2) is 36.5 Å². The molecule has 0 saturated heterocycles. The fourth-order valence-corrected chi connectivity index (χ4v) is 3.87. The van der Waals surface area contributed by atoms with Gasteiger partial charge in [0.25, 0.3) is 0 Å². The van der Waals surface area contributed by atoms with E-state index < -0.39 is 4.92 Å². The highest BCUT2D eigenvalue weighted by molar-refractivity contribution is 5.76. The Balaban J connectivity index is 1.54. The maximum atomic E-state index is 12.5. The van der Waals surface area contributed by atoms with Gasteiger partial charge in [0.1, 0.15) is 6.20 Å². The van der Waals surface area contributed by atoms with Crippen molar-refractivity contribution < 1.29 is 9.72 Å². The number of aryl methyl sites for hydroxylation is 2. The number of carbonyl (C=O) groups is 1. The first kappa shape index (κ1) is 19.1. The van der Waals surface area contributed by atoms with Crippen molar-refractivity contribution in [1.82, 2.24) is 14.9 Å². The summed E-state index contributed by atoms with van der Waals surface area (Å²) in [5.41, 5.74) is 1.31. The fraction of sp³-hybridized carbons (Fsp3) is 0.500. The first-order chi connectivity index (χ1) is 13.0. The van der Waals surface area contributed by atoms with Crippen molar-refractivity contribution in [2.45, 2.75) is 58.0 Å². The molecular formula is C20H26N4O3. The Morgan fingerprint density at radius 1 is 1.30 bits per heavy atom. The minimum atomic E-state index is -0.514. The molecule has 0 radical (unpaired) electrons. The Bertz CT molecular complexity index is 788. The van der Waals surface area contributed by atoms with Crippen LogP contribution in [0, 0.1) is 23.0 Å². The number of rotatable bonds is 7. The number of carbonyl (C=O) groups excluding carboxylic acids is 1. The van der Waals surface area contributed by atoms with Gasteiger partial charge >= 0.3 is 5.82 Å². The van der Waals surface area contributed by atoms with Crippen molar-refractivity contribution in [1.29, 1.82) is 0 Å². The molecule has 1 aromatic heterocycles. The largest absolute Gasteiger partial charge is 0.381 e. The van der Waals surface area contributed by atoms with E-state index in [2.05, 4.69) is 34.6 Å². The summed E-state index contributed by atoms with van der Waals surface area (Å²) in [6.45, 7) is 2.11. The molecule has 0 spiro atoms. The van der Waals surface area contributed by atoms with Crippen LogP contribution in [0.4, 0.5) is 5.82 Å². The minimum absolute atomic E-state index is 0.00397. The van der Waals surface area contributed by atoms with Crippen molar-refractivity contribution in [3.05, 3.63) is 58.0 Å². The summed E-state index contributed by atoms with van der Waals surface area (Å²) in [6, 6.07) is 10.6. The Labute approximate surface area is 159 Å². The molecule has 2 atom stereocenters. The average Bonchev–Trinajstić information content (AvgIpc) is 3.04. The van der Waals surface area contributed by atoms with Gasteiger partial charge in [-0.25, -0.2) is 0 Å². The molecule has 1 fully saturated rings. The molecule has 7 heteroatoms. The number of nitrogens with one attached hydrogen (secondary N) is 1. The number of imidazole rings is 1. The SMILES string of the molecule is Cc1nc([N+](=O)[O-])cn1CCC(=O)NC1CCCCC1Cc1ccccc1. The molecule has 2 aromatic rings. The van der Waals surface area contributed by atoms with Gasteiger partial charge in [-0.15, -0.1) is 0 Å². The van der Waals surface area contributed by atoms with E-state index in [1.807, 2.05) is 6.07 Å². The molecule has 3 rings (SSSR count). The van der Waals surface area contributed by atoms with Crippen molar-refractivity contribution >= 4 is 11.7 Å². The van der Waals surface area contributed by atoms with E-state index in [1.54, 1.807) is 11.5 Å². The quantitative estimate of drug-likeness (QED) is 0.597. The Morgan fingerprint density at radius 2 is 2.04 bits per heavy atom. The number of amides is 1. The van der Waals surface area contributed by atoms with Gasteiger partial charge in [-0.3, -0.25) is 4.79 Å². The van der Waals surface area contributed by atoms with E-state index in [1.165, 1.54) is 18.2 Å². The molecule has 1 aromatic carbocycles. The van der Waals surface area contributed by atoms with Gasteiger partial charge in [0.05, 0.1) is 0 Å². The Morgan fingerprint density at radius 3 is 2.74 bits per heavy atom. The highest BCUT2D eigenvalue weighted by atomic mass is 16.6. The zero-order valence-corrected chi connectivity index (χ0v) is 15.6. The van der Waals surface area contributed by atoms with Gasteiger partial charge in [-0.05, 0) is 40.7 Å². The highest BCUT2D eigenvalue weighted by Crippen LogP contribution is 2.27. The van der Waals surface area contributed by atoms with Crippen molar-refractivity contribution in [3.63, 3.8) is 0 Å². The molecule has 0 aliphatic heterocycles. The van der Waals surface area contributed by atoms with E-state index >= 15 is 0 Å². The fourth-order valence-electron chi connectivity index (χ4n) is 3.87. The second-order valence-corrected chi connectivity index (χ2v) is 7.26. The molecular weight excluding hydrogens is 344 g/mol. The van der Waals surface area contributed by atoms with E-state index in [4.69, 9.17) is 0 Å². The maximum Gasteiger partial charge on any atom is 0.381 e. The van der Waals surface area contributed by atoms with E-state index in [-0.39, 0.29) is 17.8 Å². The second kappa shape index (κ2) is 8.79. The van der Waals surface area contributed by atoms with Crippen molar-refractivity contribution in [2.75, 3.05) is 0 Å². The second-order valence-electron chi connectivity index (χ2n) is 7.26. The van der Waals surface area contributed by atoms with Crippen LogP contribution in [0.3, 0.4) is 0 Å². The zero-order valence-electron chi connectivity index (χ0n) is 15.6. The average molecular weight is 370 g/mol. The topological polar surface area (TPSA) is 90.1 Å². The first-order valence-electron chi connectivity index (χ1n) is 9.54. The number of nitrogens with zero attached hydrogens (tertiary/aromatic N) is 3. The third kappa shape index (κ3) is 5.15. The normalized spacial score (nSPS) is 19.6. The third-order valence-corrected chi connectivity index (χ3v) is 5.33. The predicted octanol–water partition coefficient (Wildman–Crippen LogP) is 3.41. The van der Waals surface area contributed by atoms with Gasteiger partial charge < -0.3 is 20.0 Å². The van der Waals surface area contributed by atoms with E-state index in [9.17, 15) is 14.9 Å². The van der Waals surface area contributed by atoms with Crippen LogP contribution in [-0.2, 0) is 17.8 Å². The lowest BCUT2D eigenvalue weighted by Crippen LogP contribution is -2.43. The Kier molecular flexibility index (Phi) is 6.21. The maximum absolute atomic E-state index is 12.5. The molecule has 7 nitrogen and oxygen atoms in total. The van der Waals surface area contributed by atoms with Crippen LogP contribution in [0.1, 0.15) is 43.5 Å². The molecule has 1 saturated carbocycles. The number of benzene rings is 1. The monoisotopic (exact) mass is 370 g/mol. The van der Waals surface area contributed by atoms with Crippen molar-refractivity contribution in [2.24, 2.45) is 5.92 Å². The molecule has 2 unspecified atom stereocenters. The lowest BCUT2D eigenvalue weighted by molar-refractivity contribution is -0.389. The minimum Gasteiger partial charge on any atom is -0.358 e. The summed E-state index contributed by atoms with van der Waals surface area (Å²) in [5.74, 6) is 0.828. The summed E-state index contributed by atoms with van der Waals surface area (Å²) in [7, 11) is 0. The molecule has 1 N–H and O–H groups in total. The predicted molar refractivity (Wildman–Crippen MR) is 102 cm³/mol. The van der Waals surface area contributed by atoms with Crippen LogP contribution in [0.2, 0.25) is 0 Å². The van der Waals surface area contributed by atoms with Crippen LogP contribution >= 0.6 is 0 Å². The van der Waals surface area contributed by atoms with Gasteiger partial charge in [0, 0.05) is 25.9 Å². The van der Waals surface area contributed by atoms with Gasteiger partial charge in [0.15, 0.2) is 0 Å². The molecule has 0 bridgehead atoms. The standard InChI is InChI=1S/C20H26N4O3/c1-15-21-19(24(26)27)14-23(15)12-11-20(25)22-18-10-6-5-9-17(18)13-16-7-3-2-4-8-16/h2-4,7-8,14,17-18H,5-6,9-13H2,1H3,(H,22,25). The molecule has 1 aliphatic rings. The Hall–Kier alpha value is -2.70. The number of hydrogen-bond acceptors (Lipinski definition) is 4. The number of hydrogen-bond donors (Lipinski definition) is 1. The summed E-state index contributed by atoms with van der Waals surface area (Å²) in [5, 5.41) is 14.0. The molecule has 1 heterocycles. The smallest absolute Gasteiger partial charge is 0.358 e. The van der Waals surface area contributed by atoms with Crippen molar-refractivity contribution in [3.8, 4) is 0 Å². The van der Waals surface area contributed by atoms with E-state index in [0.29, 0.717) is 24.7 Å². The molecule has 27 heavy (non-hydrogen) atoms. The highest BCUT2D eigenvalue weighted by Gasteiger charge is 2.26. The zero-order chi connectivity index (χ0) is 19.2. The van der Waals surface area contributed by atoms with Crippen LogP contribution in [-0.4, -0.2) is 26.4 Å². The van der Waals surface area contributed by atoms with Gasteiger partial charge in [0.2, 0.25) is 11.7 Å². The van der Waals surface area contributed by atoms with Crippen LogP contribution < -0.4 is 5.32 Å². The first-order valence-corrected chi connectivity index (χ1v) is 9.54. The summed E-state index contributed by atoms with van der Waals surface area (Å²) in [4.78, 5) is 26.6. The number of aromatic nitrogens is 2. The summed E-state index contributed by atoms with van der Waals surface area (Å²) in [6.07, 6.45) is 7.17. The van der Waals surface area contributed by atoms with Gasteiger partial charge in [-0.2, -0.15) is 0 Å². The van der Waals surface area contributed by atoms with Crippen LogP contribution in [0.25, 0.3) is 0 Å². The summed E-state index contributed by atoms with van der Waals surface area (Å²) >= 11 is 0.